The summed E-state index contributed by atoms with van der Waals surface area (Å²) in [4.78, 5) is 34.8. The molecule has 2 amide bonds. The highest BCUT2D eigenvalue weighted by atomic mass is 16.2. The van der Waals surface area contributed by atoms with E-state index in [0.717, 1.165) is 37.2 Å². The molecule has 2 fully saturated rings. The number of para-hydroxylation sites is 1. The molecule has 1 saturated carbocycles. The zero-order chi connectivity index (χ0) is 27.9. The summed E-state index contributed by atoms with van der Waals surface area (Å²) in [5.74, 6) is -0.242. The number of likely N-dealkylation sites (tertiary alicyclic amines) is 1. The molecule has 3 aliphatic rings. The summed E-state index contributed by atoms with van der Waals surface area (Å²) in [6.07, 6.45) is 8.66. The predicted molar refractivity (Wildman–Crippen MR) is 157 cm³/mol. The van der Waals surface area contributed by atoms with Crippen molar-refractivity contribution in [3.63, 3.8) is 0 Å². The highest BCUT2D eigenvalue weighted by Crippen LogP contribution is 2.42. The van der Waals surface area contributed by atoms with Crippen molar-refractivity contribution in [1.82, 2.24) is 10.2 Å². The predicted octanol–water partition coefficient (Wildman–Crippen LogP) is 2.75. The number of amides is 2. The van der Waals surface area contributed by atoms with Crippen molar-refractivity contribution in [2.24, 2.45) is 22.2 Å². The van der Waals surface area contributed by atoms with Gasteiger partial charge in [0.1, 0.15) is 0 Å². The Morgan fingerprint density at radius 1 is 1.08 bits per heavy atom. The fraction of sp³-hybridized carbons (Fsp3) is 0.633. The topological polar surface area (TPSA) is 143 Å². The molecule has 39 heavy (non-hydrogen) atoms. The highest BCUT2D eigenvalue weighted by molar-refractivity contribution is 6.05. The molecule has 1 saturated heterocycles. The molecule has 9 nitrogen and oxygen atoms in total. The Hall–Kier alpha value is -2.91. The normalized spacial score (nSPS) is 22.9. The van der Waals surface area contributed by atoms with Crippen LogP contribution in [-0.2, 0) is 9.59 Å². The van der Waals surface area contributed by atoms with Gasteiger partial charge in [-0.05, 0) is 83.3 Å². The Bertz CT molecular complexity index is 1060. The van der Waals surface area contributed by atoms with E-state index >= 15 is 0 Å². The molecule has 0 aromatic heterocycles. The van der Waals surface area contributed by atoms with Crippen LogP contribution in [0.15, 0.2) is 40.4 Å². The number of carbonyl (C=O) groups is 2. The van der Waals surface area contributed by atoms with Crippen LogP contribution in [-0.4, -0.2) is 67.0 Å². The van der Waals surface area contributed by atoms with Gasteiger partial charge in [0.2, 0.25) is 11.8 Å². The number of carbonyl (C=O) groups excluding carboxylic acids is 2. The lowest BCUT2D eigenvalue weighted by atomic mass is 9.86. The first-order valence-corrected chi connectivity index (χ1v) is 14.7. The van der Waals surface area contributed by atoms with Gasteiger partial charge in [-0.15, -0.1) is 0 Å². The van der Waals surface area contributed by atoms with E-state index < -0.39 is 6.04 Å². The number of anilines is 1. The van der Waals surface area contributed by atoms with Crippen LogP contribution in [0.4, 0.5) is 5.69 Å². The minimum atomic E-state index is -0.620. The Morgan fingerprint density at radius 2 is 1.77 bits per heavy atom. The molecular formula is C30H47N7O2. The van der Waals surface area contributed by atoms with Crippen molar-refractivity contribution in [1.29, 1.82) is 0 Å². The summed E-state index contributed by atoms with van der Waals surface area (Å²) in [6.45, 7) is 7.43. The maximum Gasteiger partial charge on any atom is 0.236 e. The van der Waals surface area contributed by atoms with E-state index in [1.807, 2.05) is 12.1 Å². The quantitative estimate of drug-likeness (QED) is 0.156. The number of benzene rings is 1. The summed E-state index contributed by atoms with van der Waals surface area (Å²) >= 11 is 0. The summed E-state index contributed by atoms with van der Waals surface area (Å²) in [6, 6.07) is 8.43. The maximum absolute atomic E-state index is 13.7. The molecule has 2 heterocycles. The van der Waals surface area contributed by atoms with Crippen molar-refractivity contribution < 1.29 is 9.59 Å². The van der Waals surface area contributed by atoms with E-state index in [9.17, 15) is 9.59 Å². The first-order valence-electron chi connectivity index (χ1n) is 14.7. The molecule has 214 valence electrons. The second-order valence-corrected chi connectivity index (χ2v) is 11.6. The number of rotatable bonds is 10. The van der Waals surface area contributed by atoms with Gasteiger partial charge in [0.05, 0.1) is 12.0 Å². The lowest BCUT2D eigenvalue weighted by Crippen LogP contribution is -2.50. The number of nitrogens with two attached hydrogens (primary N) is 3. The molecule has 4 rings (SSSR count). The Balaban J connectivity index is 1.28. The van der Waals surface area contributed by atoms with E-state index in [2.05, 4.69) is 46.1 Å². The molecule has 2 atom stereocenters. The molecule has 7 N–H and O–H groups in total. The van der Waals surface area contributed by atoms with Gasteiger partial charge >= 0.3 is 0 Å². The molecule has 1 aliphatic carbocycles. The van der Waals surface area contributed by atoms with Gasteiger partial charge in [0, 0.05) is 44.0 Å². The highest BCUT2D eigenvalue weighted by Gasteiger charge is 2.41. The van der Waals surface area contributed by atoms with Crippen LogP contribution < -0.4 is 27.4 Å². The number of hydrogen-bond donors (Lipinski definition) is 4. The average Bonchev–Trinajstić information content (AvgIpc) is 3.22. The zero-order valence-corrected chi connectivity index (χ0v) is 23.7. The van der Waals surface area contributed by atoms with Gasteiger partial charge in [0.15, 0.2) is 5.96 Å². The maximum atomic E-state index is 13.7. The van der Waals surface area contributed by atoms with E-state index in [1.54, 1.807) is 5.57 Å². The second-order valence-electron chi connectivity index (χ2n) is 11.6. The minimum Gasteiger partial charge on any atom is -0.370 e. The van der Waals surface area contributed by atoms with E-state index in [4.69, 9.17) is 17.2 Å². The van der Waals surface area contributed by atoms with Gasteiger partial charge in [-0.1, -0.05) is 29.3 Å². The third-order valence-corrected chi connectivity index (χ3v) is 8.79. The third-order valence-electron chi connectivity index (χ3n) is 8.79. The Labute approximate surface area is 233 Å². The first-order chi connectivity index (χ1) is 18.8. The van der Waals surface area contributed by atoms with Crippen LogP contribution in [0.1, 0.15) is 83.1 Å². The molecule has 2 unspecified atom stereocenters. The number of guanidine groups is 1. The van der Waals surface area contributed by atoms with Gasteiger partial charge in [-0.2, -0.15) is 0 Å². The van der Waals surface area contributed by atoms with Crippen molar-refractivity contribution >= 4 is 23.5 Å². The fourth-order valence-corrected chi connectivity index (χ4v) is 6.52. The van der Waals surface area contributed by atoms with Crippen LogP contribution in [0.2, 0.25) is 0 Å². The van der Waals surface area contributed by atoms with Crippen LogP contribution in [0, 0.1) is 0 Å². The third kappa shape index (κ3) is 7.19. The van der Waals surface area contributed by atoms with E-state index in [-0.39, 0.29) is 29.7 Å². The Morgan fingerprint density at radius 3 is 2.44 bits per heavy atom. The van der Waals surface area contributed by atoms with E-state index in [0.29, 0.717) is 38.4 Å². The number of nitrogens with one attached hydrogen (secondary N) is 1. The summed E-state index contributed by atoms with van der Waals surface area (Å²) in [5.41, 5.74) is 21.9. The van der Waals surface area contributed by atoms with Gasteiger partial charge < -0.3 is 32.3 Å². The molecule has 1 aromatic rings. The number of nitrogens with zero attached hydrogens (tertiary/aromatic N) is 3. The molecule has 0 radical (unpaired) electrons. The smallest absolute Gasteiger partial charge is 0.236 e. The largest absolute Gasteiger partial charge is 0.370 e. The molecule has 0 bridgehead atoms. The van der Waals surface area contributed by atoms with Crippen molar-refractivity contribution in [3.8, 4) is 0 Å². The summed E-state index contributed by atoms with van der Waals surface area (Å²) < 4.78 is 0. The van der Waals surface area contributed by atoms with Crippen LogP contribution >= 0.6 is 0 Å². The molecule has 0 spiro atoms. The first kappa shape index (κ1) is 29.1. The number of allylic oxidation sites excluding steroid dienone is 2. The van der Waals surface area contributed by atoms with Crippen LogP contribution in [0.5, 0.6) is 0 Å². The van der Waals surface area contributed by atoms with Crippen LogP contribution in [0.3, 0.4) is 0 Å². The average molecular weight is 538 g/mol. The van der Waals surface area contributed by atoms with Crippen molar-refractivity contribution in [2.75, 3.05) is 31.1 Å². The zero-order valence-electron chi connectivity index (χ0n) is 23.7. The SMILES string of the molecule is CC(C)=C1CCC(N2CCC(N3C(=O)C(CCNC(=O)C(N)CCCN=C(N)N)c4ccccc43)CC2)CC1. The molecule has 2 aliphatic heterocycles. The molecule has 9 heteroatoms. The standard InChI is InChI=1S/C30H47N7O2/c1-20(2)21-9-11-22(12-10-21)36-18-14-23(15-19-36)37-27-8-4-3-6-24(27)25(29(37)39)13-17-34-28(38)26(31)7-5-16-35-30(32)33/h3-4,6,8,22-23,25-26H,5,7,9-19,31H2,1-2H3,(H,34,38)(H4,32,33,35). The van der Waals surface area contributed by atoms with Crippen LogP contribution in [0.25, 0.3) is 0 Å². The lowest BCUT2D eigenvalue weighted by molar-refractivity contribution is -0.123. The Kier molecular flexibility index (Phi) is 10.0. The lowest BCUT2D eigenvalue weighted by Gasteiger charge is -2.42. The van der Waals surface area contributed by atoms with Crippen molar-refractivity contribution in [3.05, 3.63) is 41.0 Å². The number of aliphatic imine (C=N–C) groups is 1. The number of fused-ring (bicyclic) bond motifs is 1. The van der Waals surface area contributed by atoms with Gasteiger partial charge in [-0.3, -0.25) is 14.6 Å². The summed E-state index contributed by atoms with van der Waals surface area (Å²) in [5, 5.41) is 2.93. The molecule has 1 aromatic carbocycles. The van der Waals surface area contributed by atoms with Gasteiger partial charge in [-0.25, -0.2) is 0 Å². The van der Waals surface area contributed by atoms with E-state index in [1.165, 1.54) is 31.3 Å². The van der Waals surface area contributed by atoms with Crippen molar-refractivity contribution in [2.45, 2.75) is 95.7 Å². The number of piperidine rings is 1. The fourth-order valence-electron chi connectivity index (χ4n) is 6.52. The minimum absolute atomic E-state index is 0.0385. The molecular weight excluding hydrogens is 490 g/mol. The monoisotopic (exact) mass is 537 g/mol. The van der Waals surface area contributed by atoms with Gasteiger partial charge in [0.25, 0.3) is 0 Å². The number of hydrogen-bond acceptors (Lipinski definition) is 5. The summed E-state index contributed by atoms with van der Waals surface area (Å²) in [7, 11) is 0. The second kappa shape index (κ2) is 13.4.